The highest BCUT2D eigenvalue weighted by atomic mass is 32.2. The molecule has 0 heterocycles. The number of carbonyl (C=O) groups is 2. The van der Waals surface area contributed by atoms with Gasteiger partial charge in [0.1, 0.15) is 0 Å². The fraction of sp³-hybridized carbons (Fsp3) is 0.529. The van der Waals surface area contributed by atoms with Gasteiger partial charge in [0.05, 0.1) is 11.9 Å². The summed E-state index contributed by atoms with van der Waals surface area (Å²) >= 11 is 0. The molecule has 0 saturated carbocycles. The number of sulfonamides is 1. The van der Waals surface area contributed by atoms with Gasteiger partial charge in [0.15, 0.2) is 13.1 Å². The van der Waals surface area contributed by atoms with E-state index in [0.29, 0.717) is 11.3 Å². The summed E-state index contributed by atoms with van der Waals surface area (Å²) in [7, 11) is -0.525. The van der Waals surface area contributed by atoms with Gasteiger partial charge in [-0.05, 0) is 52.4 Å². The second-order valence-corrected chi connectivity index (χ2v) is 9.20. The van der Waals surface area contributed by atoms with Crippen LogP contribution in [0, 0.1) is 6.92 Å². The van der Waals surface area contributed by atoms with Crippen LogP contribution >= 0.6 is 0 Å². The van der Waals surface area contributed by atoms with Gasteiger partial charge in [-0.3, -0.25) is 9.59 Å². The molecule has 0 radical (unpaired) electrons. The third kappa shape index (κ3) is 7.11. The molecule has 0 fully saturated rings. The molecule has 2 amide bonds. The number of benzene rings is 1. The quantitative estimate of drug-likeness (QED) is 0.496. The highest BCUT2D eigenvalue weighted by molar-refractivity contribution is 7.89. The van der Waals surface area contributed by atoms with Gasteiger partial charge in [-0.1, -0.05) is 6.07 Å². The molecule has 26 heavy (non-hydrogen) atoms. The summed E-state index contributed by atoms with van der Waals surface area (Å²) in [5.74, 6) is -0.441. The number of rotatable bonds is 7. The fourth-order valence-electron chi connectivity index (χ4n) is 2.36. The van der Waals surface area contributed by atoms with E-state index in [1.807, 2.05) is 20.8 Å². The van der Waals surface area contributed by atoms with E-state index in [0.717, 1.165) is 4.90 Å². The highest BCUT2D eigenvalue weighted by Crippen LogP contribution is 2.19. The maximum atomic E-state index is 12.2. The van der Waals surface area contributed by atoms with E-state index in [4.69, 9.17) is 0 Å². The highest BCUT2D eigenvalue weighted by Gasteiger charge is 2.20. The molecule has 0 saturated heterocycles. The Labute approximate surface area is 155 Å². The van der Waals surface area contributed by atoms with Crippen LogP contribution < -0.4 is 20.3 Å². The van der Waals surface area contributed by atoms with Gasteiger partial charge in [-0.2, -0.15) is 0 Å². The van der Waals surface area contributed by atoms with Crippen LogP contribution in [-0.4, -0.2) is 53.0 Å². The van der Waals surface area contributed by atoms with E-state index in [1.54, 1.807) is 26.1 Å². The molecular weight excluding hydrogens is 356 g/mol. The first-order chi connectivity index (χ1) is 11.8. The predicted octanol–water partition coefficient (Wildman–Crippen LogP) is -0.729. The lowest BCUT2D eigenvalue weighted by Gasteiger charge is -2.21. The molecule has 9 heteroatoms. The predicted molar refractivity (Wildman–Crippen MR) is 101 cm³/mol. The zero-order valence-corrected chi connectivity index (χ0v) is 17.0. The topological polar surface area (TPSA) is 109 Å². The van der Waals surface area contributed by atoms with Crippen LogP contribution in [0.2, 0.25) is 0 Å². The number of likely N-dealkylation sites (N-methyl/N-ethyl adjacent to an activating group) is 1. The van der Waals surface area contributed by atoms with Crippen molar-refractivity contribution in [1.29, 1.82) is 0 Å². The third-order valence-corrected chi connectivity index (χ3v) is 5.03. The van der Waals surface area contributed by atoms with Crippen molar-refractivity contribution in [3.05, 3.63) is 23.8 Å². The number of aryl methyl sites for hydroxylation is 1. The van der Waals surface area contributed by atoms with E-state index < -0.39 is 10.0 Å². The Balaban J connectivity index is 2.71. The average molecular weight is 386 g/mol. The monoisotopic (exact) mass is 385 g/mol. The number of hydrogen-bond acceptors (Lipinski definition) is 4. The molecule has 4 N–H and O–H groups in total. The number of hydrogen-bond donors (Lipinski definition) is 4. The summed E-state index contributed by atoms with van der Waals surface area (Å²) in [6.45, 7) is 7.60. The standard InChI is InChI=1S/C17H28N4O4S/c1-12-7-8-13(9-14(12)26(24,25)18-5)19-15(22)10-21(6)11-16(23)20-17(2,3)4/h7-9,18H,10-11H2,1-6H3,(H,19,22)(H,20,23)/p+1. The van der Waals surface area contributed by atoms with Crippen molar-refractivity contribution in [1.82, 2.24) is 10.0 Å². The summed E-state index contributed by atoms with van der Waals surface area (Å²) in [6.07, 6.45) is 0. The fourth-order valence-corrected chi connectivity index (χ4v) is 3.35. The van der Waals surface area contributed by atoms with Crippen molar-refractivity contribution in [2.75, 3.05) is 32.5 Å². The second kappa shape index (κ2) is 8.61. The molecule has 1 aromatic carbocycles. The average Bonchev–Trinajstić information content (AvgIpc) is 2.46. The van der Waals surface area contributed by atoms with Crippen LogP contribution in [0.1, 0.15) is 26.3 Å². The minimum Gasteiger partial charge on any atom is -0.347 e. The van der Waals surface area contributed by atoms with Crippen molar-refractivity contribution in [2.24, 2.45) is 0 Å². The van der Waals surface area contributed by atoms with Crippen LogP contribution in [0.15, 0.2) is 23.1 Å². The Kier molecular flexibility index (Phi) is 7.31. The summed E-state index contributed by atoms with van der Waals surface area (Å²) in [4.78, 5) is 24.9. The third-order valence-electron chi connectivity index (χ3n) is 3.47. The Morgan fingerprint density at radius 3 is 2.23 bits per heavy atom. The number of quaternary nitrogens is 1. The van der Waals surface area contributed by atoms with Gasteiger partial charge in [-0.25, -0.2) is 13.1 Å². The molecule has 0 aliphatic rings. The Morgan fingerprint density at radius 1 is 1.12 bits per heavy atom. The minimum absolute atomic E-state index is 0.0829. The molecule has 146 valence electrons. The molecule has 1 rings (SSSR count). The van der Waals surface area contributed by atoms with Gasteiger partial charge in [0.2, 0.25) is 10.0 Å². The van der Waals surface area contributed by atoms with Crippen LogP contribution in [0.4, 0.5) is 5.69 Å². The van der Waals surface area contributed by atoms with Crippen LogP contribution in [-0.2, 0) is 19.6 Å². The maximum Gasteiger partial charge on any atom is 0.279 e. The Morgan fingerprint density at radius 2 is 1.69 bits per heavy atom. The molecule has 0 aliphatic carbocycles. The van der Waals surface area contributed by atoms with E-state index >= 15 is 0 Å². The Bertz CT molecular complexity index is 769. The number of anilines is 1. The van der Waals surface area contributed by atoms with Gasteiger partial charge >= 0.3 is 0 Å². The lowest BCUT2D eigenvalue weighted by Crippen LogP contribution is -3.11. The first-order valence-corrected chi connectivity index (χ1v) is 9.79. The molecule has 8 nitrogen and oxygen atoms in total. The molecule has 1 unspecified atom stereocenters. The van der Waals surface area contributed by atoms with Crippen molar-refractivity contribution in [2.45, 2.75) is 38.1 Å². The summed E-state index contributed by atoms with van der Waals surface area (Å²) in [6, 6.07) is 4.69. The van der Waals surface area contributed by atoms with Crippen LogP contribution in [0.3, 0.4) is 0 Å². The van der Waals surface area contributed by atoms with Crippen molar-refractivity contribution in [3.8, 4) is 0 Å². The van der Waals surface area contributed by atoms with Crippen LogP contribution in [0.25, 0.3) is 0 Å². The molecular formula is C17H29N4O4S+. The first-order valence-electron chi connectivity index (χ1n) is 8.30. The van der Waals surface area contributed by atoms with Crippen molar-refractivity contribution < 1.29 is 22.9 Å². The van der Waals surface area contributed by atoms with E-state index in [-0.39, 0.29) is 35.3 Å². The van der Waals surface area contributed by atoms with Crippen molar-refractivity contribution in [3.63, 3.8) is 0 Å². The van der Waals surface area contributed by atoms with Gasteiger partial charge in [0.25, 0.3) is 11.8 Å². The smallest absolute Gasteiger partial charge is 0.279 e. The minimum atomic E-state index is -3.60. The maximum absolute atomic E-state index is 12.2. The lowest BCUT2D eigenvalue weighted by atomic mass is 10.1. The van der Waals surface area contributed by atoms with Gasteiger partial charge in [0, 0.05) is 11.2 Å². The van der Waals surface area contributed by atoms with Crippen LogP contribution in [0.5, 0.6) is 0 Å². The molecule has 0 bridgehead atoms. The molecule has 0 aliphatic heterocycles. The van der Waals surface area contributed by atoms with E-state index in [2.05, 4.69) is 15.4 Å². The SMILES string of the molecule is CNS(=O)(=O)c1cc(NC(=O)C[NH+](C)CC(=O)NC(C)(C)C)ccc1C. The first kappa shape index (κ1) is 22.1. The molecule has 0 aromatic heterocycles. The number of nitrogens with one attached hydrogen (secondary N) is 4. The summed E-state index contributed by atoms with van der Waals surface area (Å²) < 4.78 is 26.3. The molecule has 1 aromatic rings. The zero-order valence-electron chi connectivity index (χ0n) is 16.2. The van der Waals surface area contributed by atoms with Gasteiger partial charge < -0.3 is 15.5 Å². The number of amides is 2. The lowest BCUT2D eigenvalue weighted by molar-refractivity contribution is -0.862. The van der Waals surface area contributed by atoms with Crippen molar-refractivity contribution >= 4 is 27.5 Å². The van der Waals surface area contributed by atoms with E-state index in [1.165, 1.54) is 13.1 Å². The molecule has 0 spiro atoms. The summed E-state index contributed by atoms with van der Waals surface area (Å²) in [5, 5.41) is 5.52. The number of carbonyl (C=O) groups excluding carboxylic acids is 2. The largest absolute Gasteiger partial charge is 0.347 e. The summed E-state index contributed by atoms with van der Waals surface area (Å²) in [5.41, 5.74) is 0.650. The Hall–Kier alpha value is -1.97. The zero-order chi connectivity index (χ0) is 20.1. The molecule has 1 atom stereocenters. The normalized spacial score (nSPS) is 13.2. The second-order valence-electron chi connectivity index (χ2n) is 7.34. The van der Waals surface area contributed by atoms with Gasteiger partial charge in [-0.15, -0.1) is 0 Å². The van der Waals surface area contributed by atoms with E-state index in [9.17, 15) is 18.0 Å².